The van der Waals surface area contributed by atoms with E-state index in [2.05, 4.69) is 20.5 Å². The number of nitrogens with zero attached hydrogens (tertiary/aromatic N) is 3. The lowest BCUT2D eigenvalue weighted by molar-refractivity contribution is -0.115. The zero-order valence-corrected chi connectivity index (χ0v) is 12.5. The van der Waals surface area contributed by atoms with E-state index in [1.807, 2.05) is 65.6 Å². The highest BCUT2D eigenvalue weighted by atomic mass is 16.2. The van der Waals surface area contributed by atoms with Gasteiger partial charge in [-0.2, -0.15) is 10.1 Å². The summed E-state index contributed by atoms with van der Waals surface area (Å²) in [6.45, 7) is 0.869. The number of H-pyrrole nitrogens is 1. The highest BCUT2D eigenvalue weighted by Crippen LogP contribution is 2.16. The lowest BCUT2D eigenvalue weighted by atomic mass is 10.2. The van der Waals surface area contributed by atoms with Gasteiger partial charge in [-0.1, -0.05) is 48.5 Å². The van der Waals surface area contributed by atoms with Gasteiger partial charge < -0.3 is 4.90 Å². The van der Waals surface area contributed by atoms with Gasteiger partial charge >= 0.3 is 0 Å². The average Bonchev–Trinajstić information content (AvgIpc) is 3.09. The van der Waals surface area contributed by atoms with Gasteiger partial charge in [-0.25, -0.2) is 5.10 Å². The molecular formula is C17H17N5O. The number of carbonyl (C=O) groups is 1. The van der Waals surface area contributed by atoms with Gasteiger partial charge in [0.15, 0.2) is 0 Å². The maximum absolute atomic E-state index is 12.2. The Kier molecular flexibility index (Phi) is 4.63. The van der Waals surface area contributed by atoms with Gasteiger partial charge in [0.2, 0.25) is 11.9 Å². The molecule has 2 aromatic carbocycles. The molecule has 116 valence electrons. The summed E-state index contributed by atoms with van der Waals surface area (Å²) in [5, 5.41) is 9.03. The predicted octanol–water partition coefficient (Wildman–Crippen LogP) is 2.45. The molecule has 6 heteroatoms. The van der Waals surface area contributed by atoms with Crippen LogP contribution in [0.2, 0.25) is 0 Å². The molecule has 23 heavy (non-hydrogen) atoms. The smallest absolute Gasteiger partial charge is 0.246 e. The maximum Gasteiger partial charge on any atom is 0.246 e. The van der Waals surface area contributed by atoms with Crippen molar-refractivity contribution in [3.63, 3.8) is 0 Å². The summed E-state index contributed by atoms with van der Waals surface area (Å²) in [4.78, 5) is 18.2. The van der Waals surface area contributed by atoms with Crippen LogP contribution in [-0.2, 0) is 11.3 Å². The van der Waals surface area contributed by atoms with Crippen LogP contribution in [-0.4, -0.2) is 27.6 Å². The van der Waals surface area contributed by atoms with Crippen LogP contribution in [0.5, 0.6) is 0 Å². The van der Waals surface area contributed by atoms with Crippen LogP contribution in [0.3, 0.4) is 0 Å². The van der Waals surface area contributed by atoms with E-state index in [1.165, 1.54) is 6.33 Å². The van der Waals surface area contributed by atoms with E-state index >= 15 is 0 Å². The summed E-state index contributed by atoms with van der Waals surface area (Å²) in [6.07, 6.45) is 1.36. The molecule has 1 amide bonds. The van der Waals surface area contributed by atoms with Crippen molar-refractivity contribution in [2.75, 3.05) is 16.8 Å². The fourth-order valence-corrected chi connectivity index (χ4v) is 2.29. The number of nitrogens with one attached hydrogen (secondary N) is 2. The predicted molar refractivity (Wildman–Crippen MR) is 88.9 cm³/mol. The minimum Gasteiger partial charge on any atom is -0.358 e. The Hall–Kier alpha value is -3.15. The van der Waals surface area contributed by atoms with E-state index in [1.54, 1.807) is 0 Å². The molecule has 0 unspecified atom stereocenters. The summed E-state index contributed by atoms with van der Waals surface area (Å²) in [5.74, 6) is 0.198. The number of hydrogen-bond donors (Lipinski definition) is 2. The Morgan fingerprint density at radius 1 is 1.04 bits per heavy atom. The molecular weight excluding hydrogens is 290 g/mol. The summed E-state index contributed by atoms with van der Waals surface area (Å²) in [5.41, 5.74) is 2.13. The molecule has 0 bridgehead atoms. The van der Waals surface area contributed by atoms with Crippen molar-refractivity contribution in [3.8, 4) is 0 Å². The second kappa shape index (κ2) is 7.22. The van der Waals surface area contributed by atoms with Crippen LogP contribution in [0.1, 0.15) is 5.56 Å². The number of aromatic nitrogens is 3. The van der Waals surface area contributed by atoms with E-state index in [4.69, 9.17) is 0 Å². The molecule has 0 aliphatic rings. The summed E-state index contributed by atoms with van der Waals surface area (Å²) < 4.78 is 0. The number of benzene rings is 2. The maximum atomic E-state index is 12.2. The summed E-state index contributed by atoms with van der Waals surface area (Å²) in [6, 6.07) is 19.9. The first-order chi connectivity index (χ1) is 11.3. The third kappa shape index (κ3) is 4.16. The quantitative estimate of drug-likeness (QED) is 0.733. The van der Waals surface area contributed by atoms with Crippen molar-refractivity contribution in [2.45, 2.75) is 6.54 Å². The van der Waals surface area contributed by atoms with Crippen molar-refractivity contribution < 1.29 is 4.79 Å². The van der Waals surface area contributed by atoms with Gasteiger partial charge in [-0.05, 0) is 17.7 Å². The number of rotatable bonds is 6. The topological polar surface area (TPSA) is 73.9 Å². The third-order valence-electron chi connectivity index (χ3n) is 3.34. The number of aromatic amines is 1. The molecule has 2 N–H and O–H groups in total. The molecule has 3 aromatic rings. The molecule has 1 aromatic heterocycles. The van der Waals surface area contributed by atoms with Crippen molar-refractivity contribution in [2.24, 2.45) is 0 Å². The first-order valence-electron chi connectivity index (χ1n) is 7.30. The van der Waals surface area contributed by atoms with Crippen molar-refractivity contribution >= 4 is 17.5 Å². The second-order valence-corrected chi connectivity index (χ2v) is 5.06. The van der Waals surface area contributed by atoms with Crippen molar-refractivity contribution in [3.05, 3.63) is 72.6 Å². The monoisotopic (exact) mass is 307 g/mol. The average molecular weight is 307 g/mol. The van der Waals surface area contributed by atoms with Gasteiger partial charge in [-0.3, -0.25) is 10.1 Å². The number of anilines is 2. The first kappa shape index (κ1) is 14.8. The SMILES string of the molecule is O=C(CN(Cc1ccccc1)c1ccccc1)Nc1ncn[nH]1. The Labute approximate surface area is 134 Å². The van der Waals surface area contributed by atoms with E-state index in [9.17, 15) is 4.79 Å². The Morgan fingerprint density at radius 2 is 1.74 bits per heavy atom. The van der Waals surface area contributed by atoms with Crippen LogP contribution in [0.25, 0.3) is 0 Å². The normalized spacial score (nSPS) is 10.3. The number of para-hydroxylation sites is 1. The molecule has 0 saturated heterocycles. The van der Waals surface area contributed by atoms with Crippen LogP contribution in [0, 0.1) is 0 Å². The molecule has 0 fully saturated rings. The number of amides is 1. The highest BCUT2D eigenvalue weighted by Gasteiger charge is 2.13. The zero-order chi connectivity index (χ0) is 15.9. The lowest BCUT2D eigenvalue weighted by Crippen LogP contribution is -2.33. The molecule has 3 rings (SSSR count). The van der Waals surface area contributed by atoms with Crippen LogP contribution in [0.15, 0.2) is 67.0 Å². The summed E-state index contributed by atoms with van der Waals surface area (Å²) in [7, 11) is 0. The largest absolute Gasteiger partial charge is 0.358 e. The molecule has 1 heterocycles. The van der Waals surface area contributed by atoms with Crippen LogP contribution in [0.4, 0.5) is 11.6 Å². The molecule has 0 aliphatic carbocycles. The van der Waals surface area contributed by atoms with Gasteiger partial charge in [0.05, 0.1) is 6.54 Å². The third-order valence-corrected chi connectivity index (χ3v) is 3.34. The van der Waals surface area contributed by atoms with Crippen LogP contribution < -0.4 is 10.2 Å². The number of hydrogen-bond acceptors (Lipinski definition) is 4. The van der Waals surface area contributed by atoms with E-state index < -0.39 is 0 Å². The molecule has 0 radical (unpaired) electrons. The zero-order valence-electron chi connectivity index (χ0n) is 12.5. The minimum absolute atomic E-state index is 0.151. The molecule has 0 aliphatic heterocycles. The van der Waals surface area contributed by atoms with Gasteiger partial charge in [-0.15, -0.1) is 0 Å². The van der Waals surface area contributed by atoms with E-state index in [-0.39, 0.29) is 12.5 Å². The van der Waals surface area contributed by atoms with Crippen molar-refractivity contribution in [1.82, 2.24) is 15.2 Å². The molecule has 0 atom stereocenters. The van der Waals surface area contributed by atoms with Gasteiger partial charge in [0, 0.05) is 12.2 Å². The Morgan fingerprint density at radius 3 is 2.39 bits per heavy atom. The van der Waals surface area contributed by atoms with E-state index in [0.29, 0.717) is 12.5 Å². The fraction of sp³-hybridized carbons (Fsp3) is 0.118. The number of carbonyl (C=O) groups excluding carboxylic acids is 1. The lowest BCUT2D eigenvalue weighted by Gasteiger charge is -2.24. The molecule has 0 spiro atoms. The first-order valence-corrected chi connectivity index (χ1v) is 7.30. The fourth-order valence-electron chi connectivity index (χ4n) is 2.29. The molecule has 0 saturated carbocycles. The van der Waals surface area contributed by atoms with Gasteiger partial charge in [0.1, 0.15) is 6.33 Å². The van der Waals surface area contributed by atoms with Gasteiger partial charge in [0.25, 0.3) is 0 Å². The summed E-state index contributed by atoms with van der Waals surface area (Å²) >= 11 is 0. The Balaban J connectivity index is 1.73. The van der Waals surface area contributed by atoms with Crippen molar-refractivity contribution in [1.29, 1.82) is 0 Å². The standard InChI is InChI=1S/C17H17N5O/c23-16(20-17-18-13-19-21-17)12-22(15-9-5-2-6-10-15)11-14-7-3-1-4-8-14/h1-10,13H,11-12H2,(H2,18,19,20,21,23). The minimum atomic E-state index is -0.151. The Bertz CT molecular complexity index is 728. The highest BCUT2D eigenvalue weighted by molar-refractivity contribution is 5.92. The van der Waals surface area contributed by atoms with E-state index in [0.717, 1.165) is 11.3 Å². The second-order valence-electron chi connectivity index (χ2n) is 5.06. The van der Waals surface area contributed by atoms with Crippen LogP contribution >= 0.6 is 0 Å². The molecule has 6 nitrogen and oxygen atoms in total.